The molecule has 0 aromatic heterocycles. The Balaban J connectivity index is 0.000000762. The molecule has 0 bridgehead atoms. The van der Waals surface area contributed by atoms with Gasteiger partial charge in [0.1, 0.15) is 12.5 Å². The minimum Gasteiger partial charge on any atom is -0.475 e. The SMILES string of the molecule is C#CC(CNC(=O)[C@@H]1CCCN(C(=O)COC2CCNCC2)C1)C(=O)OCC.O=C(O)C(F)(F)F. The summed E-state index contributed by atoms with van der Waals surface area (Å²) in [5.74, 6) is -2.31. The number of carboxylic acids is 1. The van der Waals surface area contributed by atoms with E-state index in [1.807, 2.05) is 0 Å². The molecular weight excluding hydrogens is 475 g/mol. The first-order valence-corrected chi connectivity index (χ1v) is 11.3. The first kappa shape index (κ1) is 30.2. The Labute approximate surface area is 201 Å². The largest absolute Gasteiger partial charge is 0.490 e. The topological polar surface area (TPSA) is 134 Å². The lowest BCUT2D eigenvalue weighted by molar-refractivity contribution is -0.192. The molecule has 0 spiro atoms. The first-order valence-electron chi connectivity index (χ1n) is 11.3. The van der Waals surface area contributed by atoms with Crippen LogP contribution in [0.5, 0.6) is 0 Å². The van der Waals surface area contributed by atoms with Gasteiger partial charge in [-0.1, -0.05) is 5.92 Å². The summed E-state index contributed by atoms with van der Waals surface area (Å²) in [5.41, 5.74) is 0. The Morgan fingerprint density at radius 1 is 1.23 bits per heavy atom. The zero-order valence-corrected chi connectivity index (χ0v) is 19.6. The number of rotatable bonds is 8. The van der Waals surface area contributed by atoms with Crippen LogP contribution in [0.25, 0.3) is 0 Å². The van der Waals surface area contributed by atoms with Gasteiger partial charge in [0, 0.05) is 19.6 Å². The van der Waals surface area contributed by atoms with Crippen LogP contribution in [-0.2, 0) is 28.7 Å². The van der Waals surface area contributed by atoms with E-state index in [2.05, 4.69) is 16.6 Å². The molecule has 35 heavy (non-hydrogen) atoms. The summed E-state index contributed by atoms with van der Waals surface area (Å²) in [6.45, 7) is 4.86. The number of hydrogen-bond acceptors (Lipinski definition) is 7. The van der Waals surface area contributed by atoms with Gasteiger partial charge in [0.25, 0.3) is 0 Å². The van der Waals surface area contributed by atoms with E-state index in [0.29, 0.717) is 19.5 Å². The number of carboxylic acid groups (broad SMARTS) is 1. The minimum absolute atomic E-state index is 0.0391. The van der Waals surface area contributed by atoms with Gasteiger partial charge in [-0.05, 0) is 45.7 Å². The van der Waals surface area contributed by atoms with Crippen LogP contribution >= 0.6 is 0 Å². The van der Waals surface area contributed by atoms with Crippen molar-refractivity contribution in [2.45, 2.75) is 44.9 Å². The number of piperidine rings is 2. The van der Waals surface area contributed by atoms with Crippen LogP contribution in [0.1, 0.15) is 32.6 Å². The molecule has 2 aliphatic rings. The average molecular weight is 508 g/mol. The third kappa shape index (κ3) is 11.4. The zero-order valence-electron chi connectivity index (χ0n) is 19.6. The Kier molecular flexibility index (Phi) is 13.1. The summed E-state index contributed by atoms with van der Waals surface area (Å²) in [6.07, 6.45) is 3.67. The summed E-state index contributed by atoms with van der Waals surface area (Å²) >= 11 is 0. The lowest BCUT2D eigenvalue weighted by Gasteiger charge is -2.33. The Morgan fingerprint density at radius 3 is 2.40 bits per heavy atom. The quantitative estimate of drug-likeness (QED) is 0.321. The van der Waals surface area contributed by atoms with E-state index in [1.54, 1.807) is 11.8 Å². The van der Waals surface area contributed by atoms with Crippen LogP contribution in [-0.4, -0.2) is 92.0 Å². The van der Waals surface area contributed by atoms with Gasteiger partial charge in [-0.2, -0.15) is 13.2 Å². The highest BCUT2D eigenvalue weighted by atomic mass is 19.4. The van der Waals surface area contributed by atoms with Gasteiger partial charge in [-0.25, -0.2) is 4.79 Å². The molecule has 198 valence electrons. The monoisotopic (exact) mass is 507 g/mol. The predicted molar refractivity (Wildman–Crippen MR) is 117 cm³/mol. The number of esters is 1. The number of likely N-dealkylation sites (tertiary alicyclic amines) is 1. The molecule has 3 N–H and O–H groups in total. The molecule has 2 saturated heterocycles. The van der Waals surface area contributed by atoms with Gasteiger partial charge >= 0.3 is 18.1 Å². The van der Waals surface area contributed by atoms with Crippen LogP contribution in [0.4, 0.5) is 13.2 Å². The number of halogens is 3. The van der Waals surface area contributed by atoms with Crippen LogP contribution in [0.2, 0.25) is 0 Å². The van der Waals surface area contributed by atoms with Crippen LogP contribution in [0.3, 0.4) is 0 Å². The molecule has 0 aromatic carbocycles. The summed E-state index contributed by atoms with van der Waals surface area (Å²) in [5, 5.41) is 13.1. The molecule has 1 unspecified atom stereocenters. The molecule has 2 aliphatic heterocycles. The highest BCUT2D eigenvalue weighted by Gasteiger charge is 2.38. The van der Waals surface area contributed by atoms with E-state index in [0.717, 1.165) is 32.4 Å². The standard InChI is InChI=1S/C20H31N3O5.C2HF3O2/c1-3-15(20(26)27-4-2)12-22-19(25)16-6-5-11-23(13-16)18(24)14-28-17-7-9-21-10-8-17;3-2(4,5)1(6)7/h1,15-17,21H,4-14H2,2H3,(H,22,25);(H,6,7)/t15?,16-;/m1./s1. The molecule has 2 rings (SSSR count). The predicted octanol–water partition coefficient (Wildman–Crippen LogP) is 0.556. The van der Waals surface area contributed by atoms with Crippen molar-refractivity contribution in [3.05, 3.63) is 0 Å². The van der Waals surface area contributed by atoms with Crippen LogP contribution in [0, 0.1) is 24.2 Å². The summed E-state index contributed by atoms with van der Waals surface area (Å²) in [4.78, 5) is 47.2. The maximum Gasteiger partial charge on any atom is 0.490 e. The van der Waals surface area contributed by atoms with Crippen molar-refractivity contribution in [2.75, 3.05) is 45.9 Å². The van der Waals surface area contributed by atoms with Gasteiger partial charge in [-0.15, -0.1) is 6.42 Å². The number of amides is 2. The van der Waals surface area contributed by atoms with Crippen molar-refractivity contribution >= 4 is 23.8 Å². The lowest BCUT2D eigenvalue weighted by atomic mass is 9.96. The van der Waals surface area contributed by atoms with Crippen molar-refractivity contribution in [3.63, 3.8) is 0 Å². The molecule has 2 heterocycles. The van der Waals surface area contributed by atoms with E-state index in [1.165, 1.54) is 0 Å². The number of hydrogen-bond donors (Lipinski definition) is 3. The number of ether oxygens (including phenoxy) is 2. The van der Waals surface area contributed by atoms with Crippen molar-refractivity contribution in [1.29, 1.82) is 0 Å². The van der Waals surface area contributed by atoms with Gasteiger partial charge in [0.2, 0.25) is 11.8 Å². The third-order valence-electron chi connectivity index (χ3n) is 5.37. The maximum absolute atomic E-state index is 12.5. The number of terminal acetylenes is 1. The smallest absolute Gasteiger partial charge is 0.475 e. The number of carbonyl (C=O) groups excluding carboxylic acids is 3. The minimum atomic E-state index is -5.08. The lowest BCUT2D eigenvalue weighted by Crippen LogP contribution is -2.47. The fraction of sp³-hybridized carbons (Fsp3) is 0.727. The fourth-order valence-electron chi connectivity index (χ4n) is 3.46. The third-order valence-corrected chi connectivity index (χ3v) is 5.37. The van der Waals surface area contributed by atoms with Gasteiger partial charge in [-0.3, -0.25) is 14.4 Å². The first-order chi connectivity index (χ1) is 16.5. The summed E-state index contributed by atoms with van der Waals surface area (Å²) in [6, 6.07) is 0. The van der Waals surface area contributed by atoms with E-state index >= 15 is 0 Å². The molecule has 0 saturated carbocycles. The molecule has 0 aromatic rings. The normalized spacial score (nSPS) is 19.4. The Hall–Kier alpha value is -2.85. The van der Waals surface area contributed by atoms with Gasteiger partial charge in [0.15, 0.2) is 0 Å². The maximum atomic E-state index is 12.5. The zero-order chi connectivity index (χ0) is 26.4. The number of nitrogens with one attached hydrogen (secondary N) is 2. The second-order valence-electron chi connectivity index (χ2n) is 7.96. The number of nitrogens with zero attached hydrogens (tertiary/aromatic N) is 1. The second-order valence-corrected chi connectivity index (χ2v) is 7.96. The van der Waals surface area contributed by atoms with Gasteiger partial charge < -0.3 is 30.1 Å². The molecule has 2 fully saturated rings. The van der Waals surface area contributed by atoms with Crippen molar-refractivity contribution < 1.29 is 46.9 Å². The summed E-state index contributed by atoms with van der Waals surface area (Å²) in [7, 11) is 0. The molecule has 10 nitrogen and oxygen atoms in total. The Bertz CT molecular complexity index is 764. The number of aliphatic carboxylic acids is 1. The highest BCUT2D eigenvalue weighted by molar-refractivity contribution is 5.83. The van der Waals surface area contributed by atoms with E-state index in [9.17, 15) is 27.6 Å². The Morgan fingerprint density at radius 2 is 1.86 bits per heavy atom. The van der Waals surface area contributed by atoms with Gasteiger partial charge in [0.05, 0.1) is 18.6 Å². The van der Waals surface area contributed by atoms with E-state index in [-0.39, 0.29) is 43.6 Å². The molecular formula is C22H32F3N3O7. The molecule has 2 amide bonds. The molecule has 0 radical (unpaired) electrons. The fourth-order valence-corrected chi connectivity index (χ4v) is 3.46. The van der Waals surface area contributed by atoms with E-state index in [4.69, 9.17) is 25.8 Å². The number of carbonyl (C=O) groups is 4. The molecule has 2 atom stereocenters. The highest BCUT2D eigenvalue weighted by Crippen LogP contribution is 2.18. The van der Waals surface area contributed by atoms with E-state index < -0.39 is 24.0 Å². The number of alkyl halides is 3. The molecule has 13 heteroatoms. The second kappa shape index (κ2) is 15.2. The molecule has 0 aliphatic carbocycles. The van der Waals surface area contributed by atoms with Crippen LogP contribution in [0.15, 0.2) is 0 Å². The van der Waals surface area contributed by atoms with Crippen molar-refractivity contribution in [1.82, 2.24) is 15.5 Å². The average Bonchev–Trinajstić information content (AvgIpc) is 2.83. The van der Waals surface area contributed by atoms with Crippen molar-refractivity contribution in [3.8, 4) is 12.3 Å². The van der Waals surface area contributed by atoms with Crippen molar-refractivity contribution in [2.24, 2.45) is 11.8 Å². The summed E-state index contributed by atoms with van der Waals surface area (Å²) < 4.78 is 42.4. The van der Waals surface area contributed by atoms with Crippen LogP contribution < -0.4 is 10.6 Å².